The van der Waals surface area contributed by atoms with Crippen molar-refractivity contribution in [2.75, 3.05) is 18.0 Å². The molecule has 3 nitrogen and oxygen atoms in total. The Morgan fingerprint density at radius 2 is 1.90 bits per heavy atom. The Morgan fingerprint density at radius 1 is 1.14 bits per heavy atom. The van der Waals surface area contributed by atoms with Crippen molar-refractivity contribution in [2.24, 2.45) is 5.92 Å². The highest BCUT2D eigenvalue weighted by Gasteiger charge is 2.21. The molecule has 0 unspecified atom stereocenters. The molecule has 2 fully saturated rings. The third-order valence-corrected chi connectivity index (χ3v) is 4.97. The van der Waals surface area contributed by atoms with Crippen LogP contribution in [0.2, 0.25) is 0 Å². The van der Waals surface area contributed by atoms with E-state index in [1.54, 1.807) is 0 Å². The van der Waals surface area contributed by atoms with E-state index in [1.165, 1.54) is 62.3 Å². The van der Waals surface area contributed by atoms with Gasteiger partial charge in [-0.2, -0.15) is 0 Å². The summed E-state index contributed by atoms with van der Waals surface area (Å²) in [6.45, 7) is 7.87. The van der Waals surface area contributed by atoms with E-state index >= 15 is 0 Å². The minimum absolute atomic E-state index is 0.770. The Hall–Kier alpha value is -1.09. The molecule has 3 rings (SSSR count). The Morgan fingerprint density at radius 3 is 2.52 bits per heavy atom. The summed E-state index contributed by atoms with van der Waals surface area (Å²) in [5.41, 5.74) is 2.64. The zero-order chi connectivity index (χ0) is 14.7. The maximum Gasteiger partial charge on any atom is 0.129 e. The van der Waals surface area contributed by atoms with Crippen LogP contribution in [-0.4, -0.2) is 24.1 Å². The SMILES string of the molecule is CCc1cc(CNC2CC2)cc(N2CCC(CC)CC2)n1. The lowest BCUT2D eigenvalue weighted by Crippen LogP contribution is -2.34. The molecule has 1 aliphatic carbocycles. The summed E-state index contributed by atoms with van der Waals surface area (Å²) in [7, 11) is 0. The molecule has 1 aromatic heterocycles. The van der Waals surface area contributed by atoms with Crippen molar-refractivity contribution in [3.8, 4) is 0 Å². The van der Waals surface area contributed by atoms with E-state index in [4.69, 9.17) is 4.98 Å². The molecular weight excluding hydrogens is 258 g/mol. The lowest BCUT2D eigenvalue weighted by molar-refractivity contribution is 0.393. The number of hydrogen-bond acceptors (Lipinski definition) is 3. The Bertz CT molecular complexity index is 460. The van der Waals surface area contributed by atoms with Gasteiger partial charge in [0, 0.05) is 31.4 Å². The van der Waals surface area contributed by atoms with Gasteiger partial charge in [0.2, 0.25) is 0 Å². The summed E-state index contributed by atoms with van der Waals surface area (Å²) in [4.78, 5) is 7.36. The first-order valence-corrected chi connectivity index (χ1v) is 8.76. The number of anilines is 1. The summed E-state index contributed by atoms with van der Waals surface area (Å²) >= 11 is 0. The normalized spacial score (nSPS) is 20.0. The number of rotatable bonds is 6. The summed E-state index contributed by atoms with van der Waals surface area (Å²) < 4.78 is 0. The van der Waals surface area contributed by atoms with Crippen LogP contribution in [0.1, 0.15) is 57.2 Å². The van der Waals surface area contributed by atoms with Crippen molar-refractivity contribution >= 4 is 5.82 Å². The first-order valence-electron chi connectivity index (χ1n) is 8.76. The van der Waals surface area contributed by atoms with Gasteiger partial charge in [-0.1, -0.05) is 20.3 Å². The van der Waals surface area contributed by atoms with Gasteiger partial charge < -0.3 is 10.2 Å². The summed E-state index contributed by atoms with van der Waals surface area (Å²) in [6.07, 6.45) is 7.70. The first kappa shape index (κ1) is 14.8. The van der Waals surface area contributed by atoms with Crippen molar-refractivity contribution in [1.29, 1.82) is 0 Å². The lowest BCUT2D eigenvalue weighted by atomic mass is 9.94. The minimum Gasteiger partial charge on any atom is -0.357 e. The molecule has 0 spiro atoms. The molecule has 1 N–H and O–H groups in total. The number of nitrogens with zero attached hydrogens (tertiary/aromatic N) is 2. The minimum atomic E-state index is 0.770. The van der Waals surface area contributed by atoms with Crippen LogP contribution in [0.4, 0.5) is 5.82 Å². The van der Waals surface area contributed by atoms with E-state index in [0.29, 0.717) is 0 Å². The molecule has 0 bridgehead atoms. The van der Waals surface area contributed by atoms with Crippen LogP contribution in [0.5, 0.6) is 0 Å². The first-order chi connectivity index (χ1) is 10.3. The lowest BCUT2D eigenvalue weighted by Gasteiger charge is -2.32. The number of aromatic nitrogens is 1. The average molecular weight is 287 g/mol. The van der Waals surface area contributed by atoms with Gasteiger partial charge in [0.05, 0.1) is 0 Å². The van der Waals surface area contributed by atoms with Gasteiger partial charge in [-0.05, 0) is 55.7 Å². The average Bonchev–Trinajstić information content (AvgIpc) is 3.37. The van der Waals surface area contributed by atoms with Crippen molar-refractivity contribution in [3.63, 3.8) is 0 Å². The van der Waals surface area contributed by atoms with Gasteiger partial charge in [-0.3, -0.25) is 0 Å². The molecule has 116 valence electrons. The monoisotopic (exact) mass is 287 g/mol. The summed E-state index contributed by atoms with van der Waals surface area (Å²) in [5, 5.41) is 3.62. The summed E-state index contributed by atoms with van der Waals surface area (Å²) in [5.74, 6) is 2.13. The van der Waals surface area contributed by atoms with Gasteiger partial charge in [0.1, 0.15) is 5.82 Å². The van der Waals surface area contributed by atoms with Gasteiger partial charge in [0.25, 0.3) is 0 Å². The molecule has 1 saturated heterocycles. The highest BCUT2D eigenvalue weighted by molar-refractivity contribution is 5.43. The van der Waals surface area contributed by atoms with E-state index in [-0.39, 0.29) is 0 Å². The molecule has 21 heavy (non-hydrogen) atoms. The fourth-order valence-electron chi connectivity index (χ4n) is 3.20. The third kappa shape index (κ3) is 3.97. The van der Waals surface area contributed by atoms with Crippen molar-refractivity contribution < 1.29 is 0 Å². The van der Waals surface area contributed by atoms with Crippen molar-refractivity contribution in [3.05, 3.63) is 23.4 Å². The molecule has 1 aliphatic heterocycles. The standard InChI is InChI=1S/C18H29N3/c1-3-14-7-9-21(10-8-14)18-12-15(11-16(4-2)20-18)13-19-17-5-6-17/h11-12,14,17,19H,3-10,13H2,1-2H3. The molecule has 1 aromatic rings. The maximum atomic E-state index is 4.87. The number of piperidine rings is 1. The van der Waals surface area contributed by atoms with Crippen LogP contribution in [0, 0.1) is 5.92 Å². The molecule has 0 aromatic carbocycles. The third-order valence-electron chi connectivity index (χ3n) is 4.97. The van der Waals surface area contributed by atoms with Crippen LogP contribution < -0.4 is 10.2 Å². The van der Waals surface area contributed by atoms with Crippen molar-refractivity contribution in [2.45, 2.75) is 65.0 Å². The zero-order valence-corrected chi connectivity index (χ0v) is 13.6. The van der Waals surface area contributed by atoms with Gasteiger partial charge >= 0.3 is 0 Å². The van der Waals surface area contributed by atoms with Crippen LogP contribution in [0.3, 0.4) is 0 Å². The molecule has 0 atom stereocenters. The van der Waals surface area contributed by atoms with E-state index in [0.717, 1.165) is 24.9 Å². The quantitative estimate of drug-likeness (QED) is 0.867. The largest absolute Gasteiger partial charge is 0.357 e. The smallest absolute Gasteiger partial charge is 0.129 e. The fourth-order valence-corrected chi connectivity index (χ4v) is 3.20. The molecule has 2 heterocycles. The second-order valence-corrected chi connectivity index (χ2v) is 6.67. The van der Waals surface area contributed by atoms with Crippen LogP contribution in [0.25, 0.3) is 0 Å². The predicted octanol–water partition coefficient (Wildman–Crippen LogP) is 3.52. The van der Waals surface area contributed by atoms with Crippen LogP contribution in [-0.2, 0) is 13.0 Å². The molecule has 1 saturated carbocycles. The van der Waals surface area contributed by atoms with E-state index in [1.807, 2.05) is 0 Å². The number of hydrogen-bond donors (Lipinski definition) is 1. The molecule has 2 aliphatic rings. The van der Waals surface area contributed by atoms with Crippen molar-refractivity contribution in [1.82, 2.24) is 10.3 Å². The zero-order valence-electron chi connectivity index (χ0n) is 13.6. The Kier molecular flexibility index (Phi) is 4.79. The fraction of sp³-hybridized carbons (Fsp3) is 0.722. The Balaban J connectivity index is 1.69. The molecular formula is C18H29N3. The van der Waals surface area contributed by atoms with Crippen LogP contribution >= 0.6 is 0 Å². The molecule has 0 amide bonds. The second kappa shape index (κ2) is 6.78. The van der Waals surface area contributed by atoms with Gasteiger partial charge in [-0.15, -0.1) is 0 Å². The Labute approximate surface area is 129 Å². The number of pyridine rings is 1. The molecule has 3 heteroatoms. The number of nitrogens with one attached hydrogen (secondary N) is 1. The van der Waals surface area contributed by atoms with E-state index in [9.17, 15) is 0 Å². The molecule has 0 radical (unpaired) electrons. The van der Waals surface area contributed by atoms with Gasteiger partial charge in [-0.25, -0.2) is 4.98 Å². The predicted molar refractivity (Wildman–Crippen MR) is 88.7 cm³/mol. The summed E-state index contributed by atoms with van der Waals surface area (Å²) in [6, 6.07) is 5.35. The highest BCUT2D eigenvalue weighted by Crippen LogP contribution is 2.25. The van der Waals surface area contributed by atoms with Gasteiger partial charge in [0.15, 0.2) is 0 Å². The topological polar surface area (TPSA) is 28.2 Å². The van der Waals surface area contributed by atoms with E-state index < -0.39 is 0 Å². The second-order valence-electron chi connectivity index (χ2n) is 6.67. The maximum absolute atomic E-state index is 4.87. The van der Waals surface area contributed by atoms with E-state index in [2.05, 4.69) is 36.2 Å². The number of aryl methyl sites for hydroxylation is 1. The van der Waals surface area contributed by atoms with Crippen LogP contribution in [0.15, 0.2) is 12.1 Å². The highest BCUT2D eigenvalue weighted by atomic mass is 15.2.